The van der Waals surface area contributed by atoms with E-state index < -0.39 is 5.92 Å². The number of hydrogen-bond acceptors (Lipinski definition) is 6. The molecule has 0 saturated carbocycles. The maximum Gasteiger partial charge on any atom is 0.270 e. The predicted molar refractivity (Wildman–Crippen MR) is 108 cm³/mol. The van der Waals surface area contributed by atoms with Crippen molar-refractivity contribution in [3.05, 3.63) is 44.9 Å². The third-order valence-electron chi connectivity index (χ3n) is 5.61. The first-order valence-corrected chi connectivity index (χ1v) is 9.43. The number of fused-ring (bicyclic) bond motifs is 1. The molecule has 2 aromatic rings. The Morgan fingerprint density at radius 3 is 2.21 bits per heavy atom. The number of methoxy groups -OCH3 is 3. The van der Waals surface area contributed by atoms with Gasteiger partial charge in [-0.05, 0) is 29.5 Å². The summed E-state index contributed by atoms with van der Waals surface area (Å²) in [5, 5.41) is 8.81. The molecule has 154 valence electrons. The molecule has 0 spiro atoms. The number of benzene rings is 1. The van der Waals surface area contributed by atoms with Crippen LogP contribution in [0.3, 0.4) is 0 Å². The Bertz CT molecular complexity index is 1050. The highest BCUT2D eigenvalue weighted by atomic mass is 16.5. The van der Waals surface area contributed by atoms with E-state index in [0.29, 0.717) is 47.0 Å². The van der Waals surface area contributed by atoms with Gasteiger partial charge in [0.1, 0.15) is 5.82 Å². The van der Waals surface area contributed by atoms with E-state index in [0.717, 1.165) is 11.3 Å². The van der Waals surface area contributed by atoms with E-state index in [1.165, 1.54) is 21.3 Å². The summed E-state index contributed by atoms with van der Waals surface area (Å²) in [6.45, 7) is 4.14. The van der Waals surface area contributed by atoms with Crippen LogP contribution >= 0.6 is 0 Å². The average Bonchev–Trinajstić information content (AvgIpc) is 3.04. The van der Waals surface area contributed by atoms with Crippen molar-refractivity contribution in [1.82, 2.24) is 10.2 Å². The zero-order valence-electron chi connectivity index (χ0n) is 17.2. The molecule has 1 aromatic carbocycles. The molecule has 0 bridgehead atoms. The molecule has 29 heavy (non-hydrogen) atoms. The van der Waals surface area contributed by atoms with Crippen molar-refractivity contribution in [3.8, 4) is 17.2 Å². The van der Waals surface area contributed by atoms with Crippen LogP contribution in [-0.2, 0) is 4.79 Å². The largest absolute Gasteiger partial charge is 0.493 e. The van der Waals surface area contributed by atoms with E-state index in [2.05, 4.69) is 29.4 Å². The molecule has 8 heteroatoms. The van der Waals surface area contributed by atoms with Crippen LogP contribution in [0.4, 0.5) is 5.82 Å². The first-order chi connectivity index (χ1) is 13.8. The van der Waals surface area contributed by atoms with Crippen LogP contribution in [0.25, 0.3) is 0 Å². The highest BCUT2D eigenvalue weighted by molar-refractivity contribution is 6.01. The summed E-state index contributed by atoms with van der Waals surface area (Å²) in [5.41, 5.74) is 2.25. The van der Waals surface area contributed by atoms with Gasteiger partial charge < -0.3 is 19.5 Å². The molecule has 1 atom stereocenters. The van der Waals surface area contributed by atoms with Crippen LogP contribution in [0.15, 0.2) is 28.2 Å². The van der Waals surface area contributed by atoms with E-state index in [1.807, 2.05) is 0 Å². The van der Waals surface area contributed by atoms with E-state index in [4.69, 9.17) is 14.2 Å². The minimum absolute atomic E-state index is 0.0359. The van der Waals surface area contributed by atoms with Crippen LogP contribution in [0.2, 0.25) is 0 Å². The molecule has 1 aliphatic carbocycles. The Labute approximate surface area is 168 Å². The Hall–Kier alpha value is -3.16. The van der Waals surface area contributed by atoms with Crippen molar-refractivity contribution >= 4 is 11.6 Å². The fraction of sp³-hybridized carbons (Fsp3) is 0.429. The van der Waals surface area contributed by atoms with Gasteiger partial charge in [0.2, 0.25) is 5.75 Å². The van der Waals surface area contributed by atoms with Gasteiger partial charge in [0.25, 0.3) is 5.56 Å². The number of carbonyl (C=O) groups is 1. The van der Waals surface area contributed by atoms with Crippen LogP contribution in [-0.4, -0.2) is 37.3 Å². The van der Waals surface area contributed by atoms with Crippen molar-refractivity contribution in [2.45, 2.75) is 32.6 Å². The van der Waals surface area contributed by atoms with E-state index >= 15 is 0 Å². The van der Waals surface area contributed by atoms with Gasteiger partial charge in [-0.3, -0.25) is 19.8 Å². The number of nitrogens with one attached hydrogen (secondary N) is 3. The zero-order valence-corrected chi connectivity index (χ0v) is 17.2. The average molecular weight is 399 g/mol. The van der Waals surface area contributed by atoms with Gasteiger partial charge in [-0.15, -0.1) is 0 Å². The molecule has 8 nitrogen and oxygen atoms in total. The summed E-state index contributed by atoms with van der Waals surface area (Å²) in [7, 11) is 4.61. The molecule has 3 N–H and O–H groups in total. The Morgan fingerprint density at radius 2 is 1.62 bits per heavy atom. The monoisotopic (exact) mass is 399 g/mol. The molecular weight excluding hydrogens is 374 g/mol. The third kappa shape index (κ3) is 2.99. The Balaban J connectivity index is 1.98. The lowest BCUT2D eigenvalue weighted by Gasteiger charge is -2.38. The topological polar surface area (TPSA) is 105 Å². The summed E-state index contributed by atoms with van der Waals surface area (Å²) in [5.74, 6) is 1.49. The number of allylic oxidation sites excluding steroid dienone is 2. The number of aromatic amines is 2. The second-order valence-electron chi connectivity index (χ2n) is 8.22. The number of aromatic nitrogens is 2. The zero-order chi connectivity index (χ0) is 20.9. The quantitative estimate of drug-likeness (QED) is 0.730. The van der Waals surface area contributed by atoms with Crippen molar-refractivity contribution < 1.29 is 19.0 Å². The lowest BCUT2D eigenvalue weighted by atomic mass is 9.69. The lowest BCUT2D eigenvalue weighted by Crippen LogP contribution is -2.35. The number of H-pyrrole nitrogens is 2. The number of anilines is 1. The van der Waals surface area contributed by atoms with Crippen LogP contribution in [0.5, 0.6) is 17.2 Å². The number of ketones is 1. The summed E-state index contributed by atoms with van der Waals surface area (Å²) in [6.07, 6.45) is 1.13. The van der Waals surface area contributed by atoms with Crippen LogP contribution in [0.1, 0.15) is 43.7 Å². The number of carbonyl (C=O) groups excluding carboxylic acids is 1. The molecule has 0 fully saturated rings. The second-order valence-corrected chi connectivity index (χ2v) is 8.22. The summed E-state index contributed by atoms with van der Waals surface area (Å²) in [4.78, 5) is 25.8. The minimum atomic E-state index is -0.534. The molecule has 2 heterocycles. The normalized spacial score (nSPS) is 19.9. The van der Waals surface area contributed by atoms with Crippen LogP contribution < -0.4 is 25.1 Å². The second kappa shape index (κ2) is 6.72. The van der Waals surface area contributed by atoms with Crippen molar-refractivity contribution in [3.63, 3.8) is 0 Å². The van der Waals surface area contributed by atoms with Gasteiger partial charge in [0, 0.05) is 23.6 Å². The smallest absolute Gasteiger partial charge is 0.270 e. The van der Waals surface area contributed by atoms with Gasteiger partial charge in [-0.2, -0.15) is 0 Å². The highest BCUT2D eigenvalue weighted by Gasteiger charge is 2.42. The minimum Gasteiger partial charge on any atom is -0.493 e. The molecule has 2 aliphatic rings. The first kappa shape index (κ1) is 19.2. The summed E-state index contributed by atoms with van der Waals surface area (Å²) < 4.78 is 16.4. The predicted octanol–water partition coefficient (Wildman–Crippen LogP) is 2.93. The maximum atomic E-state index is 13.2. The fourth-order valence-electron chi connectivity index (χ4n) is 4.42. The van der Waals surface area contributed by atoms with E-state index in [9.17, 15) is 9.59 Å². The standard InChI is InChI=1S/C21H25N3O5/c1-21(2)8-11-16(12(25)9-21)15(17-19(22-11)23-24-20(17)26)10-6-13(27-3)18(29-5)14(7-10)28-4/h6-7,15H,8-9H2,1-5H3,(H3,22,23,24,26). The van der Waals surface area contributed by atoms with Gasteiger partial charge in [0.15, 0.2) is 17.3 Å². The third-order valence-corrected chi connectivity index (χ3v) is 5.61. The maximum absolute atomic E-state index is 13.2. The van der Waals surface area contributed by atoms with Gasteiger partial charge in [0.05, 0.1) is 26.9 Å². The van der Waals surface area contributed by atoms with E-state index in [1.54, 1.807) is 12.1 Å². The molecule has 0 amide bonds. The highest BCUT2D eigenvalue weighted by Crippen LogP contribution is 2.50. The first-order valence-electron chi connectivity index (χ1n) is 9.43. The Morgan fingerprint density at radius 1 is 0.966 bits per heavy atom. The molecule has 0 saturated heterocycles. The van der Waals surface area contributed by atoms with Crippen LogP contribution in [0, 0.1) is 5.41 Å². The van der Waals surface area contributed by atoms with E-state index in [-0.39, 0.29) is 16.8 Å². The molecule has 1 aromatic heterocycles. The van der Waals surface area contributed by atoms with Gasteiger partial charge >= 0.3 is 0 Å². The summed E-state index contributed by atoms with van der Waals surface area (Å²) >= 11 is 0. The van der Waals surface area contributed by atoms with Gasteiger partial charge in [-0.25, -0.2) is 0 Å². The molecule has 1 unspecified atom stereocenters. The van der Waals surface area contributed by atoms with Gasteiger partial charge in [-0.1, -0.05) is 13.8 Å². The lowest BCUT2D eigenvalue weighted by molar-refractivity contribution is -0.118. The van der Waals surface area contributed by atoms with Crippen molar-refractivity contribution in [1.29, 1.82) is 0 Å². The number of ether oxygens (including phenoxy) is 3. The molecular formula is C21H25N3O5. The molecule has 1 aliphatic heterocycles. The van der Waals surface area contributed by atoms with Crippen molar-refractivity contribution in [2.75, 3.05) is 26.6 Å². The molecule has 4 rings (SSSR count). The SMILES string of the molecule is COc1cc(C2C3=C(CC(C)(C)CC3=O)Nc3[nH][nH]c(=O)c32)cc(OC)c1OC. The number of hydrogen-bond donors (Lipinski definition) is 3. The van der Waals surface area contributed by atoms with Crippen molar-refractivity contribution in [2.24, 2.45) is 5.41 Å². The summed E-state index contributed by atoms with van der Waals surface area (Å²) in [6, 6.07) is 3.59. The fourth-order valence-corrected chi connectivity index (χ4v) is 4.42. The Kier molecular flexibility index (Phi) is 4.44. The number of Topliss-reactive ketones (excluding diaryl/α,β-unsaturated/α-hetero) is 1. The number of rotatable bonds is 4. The molecule has 0 radical (unpaired) electrons.